The van der Waals surface area contributed by atoms with Crippen molar-refractivity contribution >= 4 is 10.9 Å². The lowest BCUT2D eigenvalue weighted by atomic mass is 10.00. The molecule has 20 heavy (non-hydrogen) atoms. The summed E-state index contributed by atoms with van der Waals surface area (Å²) in [5.74, 6) is 1.38. The Labute approximate surface area is 117 Å². The predicted octanol–water partition coefficient (Wildman–Crippen LogP) is 1.64. The standard InChI is InChI=1S/C15H19N3O2/c1-18-6-2-3-11(9-18)10-20-13-5-4-12-8-16-15(19)17-14(12)7-13/h4-5,7-8,11H,2-3,6,9-10H2,1H3,(H,16,17,19). The van der Waals surface area contributed by atoms with Crippen LogP contribution in [0.5, 0.6) is 5.75 Å². The third-order valence-electron chi connectivity index (χ3n) is 3.80. The summed E-state index contributed by atoms with van der Waals surface area (Å²) >= 11 is 0. The number of nitrogens with zero attached hydrogens (tertiary/aromatic N) is 2. The summed E-state index contributed by atoms with van der Waals surface area (Å²) in [6, 6.07) is 5.71. The van der Waals surface area contributed by atoms with Gasteiger partial charge < -0.3 is 14.6 Å². The van der Waals surface area contributed by atoms with E-state index in [9.17, 15) is 4.79 Å². The normalized spacial score (nSPS) is 20.1. The van der Waals surface area contributed by atoms with Crippen LogP contribution < -0.4 is 10.4 Å². The second kappa shape index (κ2) is 5.63. The summed E-state index contributed by atoms with van der Waals surface area (Å²) in [4.78, 5) is 20.0. The summed E-state index contributed by atoms with van der Waals surface area (Å²) in [6.45, 7) is 3.00. The first-order valence-electron chi connectivity index (χ1n) is 7.01. The Morgan fingerprint density at radius 1 is 1.50 bits per heavy atom. The monoisotopic (exact) mass is 273 g/mol. The minimum Gasteiger partial charge on any atom is -0.493 e. The maximum atomic E-state index is 11.2. The fraction of sp³-hybridized carbons (Fsp3) is 0.467. The Kier molecular flexibility index (Phi) is 3.69. The fourth-order valence-corrected chi connectivity index (χ4v) is 2.74. The molecule has 0 spiro atoms. The molecule has 1 atom stereocenters. The Balaban J connectivity index is 1.69. The molecule has 2 heterocycles. The van der Waals surface area contributed by atoms with Gasteiger partial charge in [0.2, 0.25) is 0 Å². The van der Waals surface area contributed by atoms with E-state index in [1.165, 1.54) is 19.4 Å². The number of hydrogen-bond acceptors (Lipinski definition) is 4. The van der Waals surface area contributed by atoms with Crippen molar-refractivity contribution in [2.24, 2.45) is 5.92 Å². The molecule has 0 radical (unpaired) electrons. The maximum absolute atomic E-state index is 11.2. The lowest BCUT2D eigenvalue weighted by Crippen LogP contribution is -2.34. The number of aromatic nitrogens is 2. The van der Waals surface area contributed by atoms with Gasteiger partial charge in [-0.3, -0.25) is 0 Å². The number of fused-ring (bicyclic) bond motifs is 1. The summed E-state index contributed by atoms with van der Waals surface area (Å²) in [5, 5.41) is 0.911. The molecule has 0 amide bonds. The third kappa shape index (κ3) is 2.99. The second-order valence-electron chi connectivity index (χ2n) is 5.52. The number of nitrogens with one attached hydrogen (secondary N) is 1. The molecule has 3 rings (SSSR count). The van der Waals surface area contributed by atoms with Crippen LogP contribution in [0.15, 0.2) is 29.2 Å². The van der Waals surface area contributed by atoms with Crippen LogP contribution in [0.1, 0.15) is 12.8 Å². The summed E-state index contributed by atoms with van der Waals surface area (Å²) in [5.41, 5.74) is 0.437. The number of H-pyrrole nitrogens is 1. The van der Waals surface area contributed by atoms with E-state index in [4.69, 9.17) is 4.74 Å². The van der Waals surface area contributed by atoms with E-state index in [2.05, 4.69) is 21.9 Å². The fourth-order valence-electron chi connectivity index (χ4n) is 2.74. The van der Waals surface area contributed by atoms with Gasteiger partial charge in [0, 0.05) is 30.1 Å². The minimum atomic E-state index is -0.330. The van der Waals surface area contributed by atoms with Crippen molar-refractivity contribution in [3.05, 3.63) is 34.9 Å². The number of hydrogen-bond donors (Lipinski definition) is 1. The highest BCUT2D eigenvalue weighted by molar-refractivity contribution is 5.78. The average molecular weight is 273 g/mol. The van der Waals surface area contributed by atoms with Crippen molar-refractivity contribution in [2.75, 3.05) is 26.7 Å². The third-order valence-corrected chi connectivity index (χ3v) is 3.80. The number of benzene rings is 1. The predicted molar refractivity (Wildman–Crippen MR) is 78.1 cm³/mol. The first kappa shape index (κ1) is 13.1. The second-order valence-corrected chi connectivity index (χ2v) is 5.52. The zero-order valence-electron chi connectivity index (χ0n) is 11.6. The quantitative estimate of drug-likeness (QED) is 0.923. The van der Waals surface area contributed by atoms with Gasteiger partial charge in [-0.1, -0.05) is 0 Å². The summed E-state index contributed by atoms with van der Waals surface area (Å²) in [7, 11) is 2.15. The molecule has 1 N–H and O–H groups in total. The molecule has 1 aliphatic rings. The van der Waals surface area contributed by atoms with E-state index in [1.54, 1.807) is 6.20 Å². The first-order chi connectivity index (χ1) is 9.70. The van der Waals surface area contributed by atoms with Crippen LogP contribution in [0.4, 0.5) is 0 Å². The minimum absolute atomic E-state index is 0.330. The Hall–Kier alpha value is -1.88. The van der Waals surface area contributed by atoms with E-state index in [0.717, 1.165) is 29.8 Å². The lowest BCUT2D eigenvalue weighted by Gasteiger charge is -2.29. The number of ether oxygens (including phenoxy) is 1. The average Bonchev–Trinajstić information content (AvgIpc) is 2.45. The van der Waals surface area contributed by atoms with E-state index >= 15 is 0 Å². The van der Waals surface area contributed by atoms with Crippen LogP contribution in [0, 0.1) is 5.92 Å². The topological polar surface area (TPSA) is 58.2 Å². The van der Waals surface area contributed by atoms with Crippen molar-refractivity contribution in [1.29, 1.82) is 0 Å². The Morgan fingerprint density at radius 2 is 2.40 bits per heavy atom. The van der Waals surface area contributed by atoms with Crippen molar-refractivity contribution in [1.82, 2.24) is 14.9 Å². The van der Waals surface area contributed by atoms with Crippen molar-refractivity contribution in [3.8, 4) is 5.75 Å². The molecular formula is C15H19N3O2. The van der Waals surface area contributed by atoms with Gasteiger partial charge in [-0.15, -0.1) is 0 Å². The Morgan fingerprint density at radius 3 is 3.25 bits per heavy atom. The van der Waals surface area contributed by atoms with E-state index < -0.39 is 0 Å². The number of aromatic amines is 1. The number of likely N-dealkylation sites (tertiary alicyclic amines) is 1. The molecule has 2 aromatic rings. The van der Waals surface area contributed by atoms with Crippen molar-refractivity contribution in [2.45, 2.75) is 12.8 Å². The van der Waals surface area contributed by atoms with Crippen LogP contribution >= 0.6 is 0 Å². The van der Waals surface area contributed by atoms with Gasteiger partial charge in [0.05, 0.1) is 12.1 Å². The molecule has 1 aromatic heterocycles. The van der Waals surface area contributed by atoms with Crippen LogP contribution in [0.25, 0.3) is 10.9 Å². The molecule has 0 aliphatic carbocycles. The first-order valence-corrected chi connectivity index (χ1v) is 7.01. The zero-order valence-corrected chi connectivity index (χ0v) is 11.6. The molecule has 1 unspecified atom stereocenters. The van der Waals surface area contributed by atoms with Crippen molar-refractivity contribution < 1.29 is 4.74 Å². The molecular weight excluding hydrogens is 254 g/mol. The molecule has 5 heteroatoms. The molecule has 1 aliphatic heterocycles. The number of rotatable bonds is 3. The molecule has 1 saturated heterocycles. The van der Waals surface area contributed by atoms with Crippen LogP contribution in [0.3, 0.4) is 0 Å². The number of piperidine rings is 1. The van der Waals surface area contributed by atoms with Gasteiger partial charge in [0.1, 0.15) is 5.75 Å². The van der Waals surface area contributed by atoms with Gasteiger partial charge >= 0.3 is 5.69 Å². The largest absolute Gasteiger partial charge is 0.493 e. The molecule has 106 valence electrons. The Bertz CT molecular complexity index is 653. The van der Waals surface area contributed by atoms with Crippen LogP contribution in [-0.2, 0) is 0 Å². The van der Waals surface area contributed by atoms with E-state index in [0.29, 0.717) is 5.92 Å². The van der Waals surface area contributed by atoms with Gasteiger partial charge in [0.15, 0.2) is 0 Å². The lowest BCUT2D eigenvalue weighted by molar-refractivity contribution is 0.150. The smallest absolute Gasteiger partial charge is 0.345 e. The van der Waals surface area contributed by atoms with Gasteiger partial charge in [-0.2, -0.15) is 0 Å². The van der Waals surface area contributed by atoms with E-state index in [1.807, 2.05) is 18.2 Å². The van der Waals surface area contributed by atoms with Gasteiger partial charge in [-0.05, 0) is 38.6 Å². The maximum Gasteiger partial charge on any atom is 0.345 e. The SMILES string of the molecule is CN1CCCC(COc2ccc3cnc(=O)[nH]c3c2)C1. The highest BCUT2D eigenvalue weighted by Gasteiger charge is 2.17. The molecule has 5 nitrogen and oxygen atoms in total. The molecule has 0 saturated carbocycles. The highest BCUT2D eigenvalue weighted by atomic mass is 16.5. The summed E-state index contributed by atoms with van der Waals surface area (Å²) in [6.07, 6.45) is 4.04. The van der Waals surface area contributed by atoms with Crippen LogP contribution in [0.2, 0.25) is 0 Å². The van der Waals surface area contributed by atoms with E-state index in [-0.39, 0.29) is 5.69 Å². The molecule has 0 bridgehead atoms. The highest BCUT2D eigenvalue weighted by Crippen LogP contribution is 2.20. The van der Waals surface area contributed by atoms with Crippen LogP contribution in [-0.4, -0.2) is 41.6 Å². The van der Waals surface area contributed by atoms with Crippen molar-refractivity contribution in [3.63, 3.8) is 0 Å². The zero-order chi connectivity index (χ0) is 13.9. The molecule has 1 fully saturated rings. The van der Waals surface area contributed by atoms with Gasteiger partial charge in [-0.25, -0.2) is 9.78 Å². The molecule has 1 aromatic carbocycles. The van der Waals surface area contributed by atoms with Gasteiger partial charge in [0.25, 0.3) is 0 Å². The summed E-state index contributed by atoms with van der Waals surface area (Å²) < 4.78 is 5.87.